The summed E-state index contributed by atoms with van der Waals surface area (Å²) in [6, 6.07) is 7.42. The van der Waals surface area contributed by atoms with Crippen LogP contribution in [0.4, 0.5) is 5.69 Å². The van der Waals surface area contributed by atoms with Crippen molar-refractivity contribution >= 4 is 23.4 Å². The van der Waals surface area contributed by atoms with E-state index >= 15 is 0 Å². The maximum atomic E-state index is 12.5. The normalized spacial score (nSPS) is 15.4. The number of anilines is 1. The number of aromatic nitrogens is 2. The highest BCUT2D eigenvalue weighted by molar-refractivity contribution is 5.90. The fraction of sp³-hybridized carbons (Fsp3) is 0.542. The van der Waals surface area contributed by atoms with E-state index in [9.17, 15) is 14.4 Å². The van der Waals surface area contributed by atoms with Crippen LogP contribution in [0.1, 0.15) is 76.1 Å². The predicted octanol–water partition coefficient (Wildman–Crippen LogP) is 3.30. The second-order valence-corrected chi connectivity index (χ2v) is 8.81. The van der Waals surface area contributed by atoms with Crippen LogP contribution in [-0.4, -0.2) is 39.8 Å². The van der Waals surface area contributed by atoms with E-state index in [0.717, 1.165) is 44.1 Å². The van der Waals surface area contributed by atoms with Gasteiger partial charge in [0.05, 0.1) is 0 Å². The molecule has 2 aromatic rings. The second-order valence-electron chi connectivity index (χ2n) is 8.81. The van der Waals surface area contributed by atoms with E-state index < -0.39 is 5.54 Å². The van der Waals surface area contributed by atoms with Crippen LogP contribution < -0.4 is 10.6 Å². The van der Waals surface area contributed by atoms with Crippen LogP contribution in [-0.2, 0) is 32.9 Å². The number of amides is 3. The monoisotopic (exact) mass is 455 g/mol. The van der Waals surface area contributed by atoms with Gasteiger partial charge in [-0.05, 0) is 30.5 Å². The lowest BCUT2D eigenvalue weighted by atomic mass is 9.89. The van der Waals surface area contributed by atoms with Gasteiger partial charge in [0.2, 0.25) is 23.6 Å². The molecule has 0 atom stereocenters. The van der Waals surface area contributed by atoms with Gasteiger partial charge in [0.15, 0.2) is 5.82 Å². The first kappa shape index (κ1) is 24.4. The number of nitrogens with zero attached hydrogens (tertiary/aromatic N) is 3. The number of rotatable bonds is 8. The van der Waals surface area contributed by atoms with Gasteiger partial charge in [-0.25, -0.2) is 0 Å². The van der Waals surface area contributed by atoms with Crippen molar-refractivity contribution in [3.63, 3.8) is 0 Å². The van der Waals surface area contributed by atoms with Gasteiger partial charge in [-0.15, -0.1) is 0 Å². The summed E-state index contributed by atoms with van der Waals surface area (Å²) < 4.78 is 5.42. The predicted molar refractivity (Wildman–Crippen MR) is 123 cm³/mol. The quantitative estimate of drug-likeness (QED) is 0.590. The Morgan fingerprint density at radius 2 is 1.85 bits per heavy atom. The lowest BCUT2D eigenvalue weighted by Crippen LogP contribution is -2.45. The summed E-state index contributed by atoms with van der Waals surface area (Å²) in [6.45, 7) is 3.49. The van der Waals surface area contributed by atoms with Crippen molar-refractivity contribution in [3.8, 4) is 0 Å². The lowest BCUT2D eigenvalue weighted by molar-refractivity contribution is -0.128. The van der Waals surface area contributed by atoms with Gasteiger partial charge in [-0.3, -0.25) is 14.4 Å². The van der Waals surface area contributed by atoms with E-state index in [-0.39, 0.29) is 24.1 Å². The SMILES string of the molecule is CC(=O)NC1(c2noc(CCC(=O)Nc3cccc(CN(C)C(C)=O)c3)n2)CCCCCC1. The summed E-state index contributed by atoms with van der Waals surface area (Å²) in [7, 11) is 1.73. The number of nitrogens with one attached hydrogen (secondary N) is 2. The smallest absolute Gasteiger partial charge is 0.227 e. The fourth-order valence-corrected chi connectivity index (χ4v) is 4.20. The number of hydrogen-bond acceptors (Lipinski definition) is 6. The minimum absolute atomic E-state index is 0.0208. The molecule has 1 aromatic carbocycles. The molecule has 0 spiro atoms. The highest BCUT2D eigenvalue weighted by Gasteiger charge is 2.38. The third kappa shape index (κ3) is 6.87. The molecule has 9 heteroatoms. The maximum Gasteiger partial charge on any atom is 0.227 e. The molecular weight excluding hydrogens is 422 g/mol. The van der Waals surface area contributed by atoms with Crippen molar-refractivity contribution in [1.82, 2.24) is 20.4 Å². The highest BCUT2D eigenvalue weighted by Crippen LogP contribution is 2.34. The lowest BCUT2D eigenvalue weighted by Gasteiger charge is -2.30. The van der Waals surface area contributed by atoms with Crippen LogP contribution in [0.15, 0.2) is 28.8 Å². The van der Waals surface area contributed by atoms with Gasteiger partial charge in [-0.1, -0.05) is 43.0 Å². The summed E-state index contributed by atoms with van der Waals surface area (Å²) >= 11 is 0. The zero-order chi connectivity index (χ0) is 23.8. The van der Waals surface area contributed by atoms with E-state index in [1.807, 2.05) is 24.3 Å². The minimum atomic E-state index is -0.597. The molecule has 33 heavy (non-hydrogen) atoms. The van der Waals surface area contributed by atoms with E-state index in [4.69, 9.17) is 4.52 Å². The summed E-state index contributed by atoms with van der Waals surface area (Å²) in [4.78, 5) is 41.9. The first-order valence-corrected chi connectivity index (χ1v) is 11.5. The van der Waals surface area contributed by atoms with E-state index in [1.54, 1.807) is 11.9 Å². The second kappa shape index (κ2) is 11.1. The molecule has 9 nitrogen and oxygen atoms in total. The standard InChI is InChI=1S/C24H33N5O4/c1-17(30)27-24(13-6-4-5-7-14-24)23-26-22(33-28-23)12-11-21(32)25-20-10-8-9-19(15-20)16-29(3)18(2)31/h8-10,15H,4-7,11-14,16H2,1-3H3,(H,25,32)(H,27,30). The topological polar surface area (TPSA) is 117 Å². The van der Waals surface area contributed by atoms with Crippen molar-refractivity contribution in [1.29, 1.82) is 0 Å². The number of carbonyl (C=O) groups is 3. The number of carbonyl (C=O) groups excluding carboxylic acids is 3. The summed E-state index contributed by atoms with van der Waals surface area (Å²) in [5.41, 5.74) is 1.00. The Hall–Kier alpha value is -3.23. The Bertz CT molecular complexity index is 979. The van der Waals surface area contributed by atoms with Crippen LogP contribution in [0, 0.1) is 0 Å². The van der Waals surface area contributed by atoms with E-state index in [1.165, 1.54) is 13.8 Å². The van der Waals surface area contributed by atoms with Gasteiger partial charge in [0, 0.05) is 46.0 Å². The van der Waals surface area contributed by atoms with Crippen LogP contribution in [0.5, 0.6) is 0 Å². The zero-order valence-electron chi connectivity index (χ0n) is 19.6. The molecule has 0 bridgehead atoms. The van der Waals surface area contributed by atoms with Crippen LogP contribution in [0.2, 0.25) is 0 Å². The van der Waals surface area contributed by atoms with Gasteiger partial charge < -0.3 is 20.1 Å². The summed E-state index contributed by atoms with van der Waals surface area (Å²) in [6.07, 6.45) is 6.29. The van der Waals surface area contributed by atoms with Crippen molar-refractivity contribution in [2.75, 3.05) is 12.4 Å². The average Bonchev–Trinajstić information content (AvgIpc) is 3.12. The average molecular weight is 456 g/mol. The molecule has 0 saturated heterocycles. The van der Waals surface area contributed by atoms with Crippen LogP contribution in [0.25, 0.3) is 0 Å². The van der Waals surface area contributed by atoms with Crippen molar-refractivity contribution in [2.45, 2.75) is 77.3 Å². The molecule has 1 aromatic heterocycles. The number of hydrogen-bond donors (Lipinski definition) is 2. The third-order valence-corrected chi connectivity index (χ3v) is 6.00. The molecular formula is C24H33N5O4. The van der Waals surface area contributed by atoms with Crippen molar-refractivity contribution in [3.05, 3.63) is 41.5 Å². The molecule has 178 valence electrons. The molecule has 1 saturated carbocycles. The van der Waals surface area contributed by atoms with E-state index in [2.05, 4.69) is 20.8 Å². The summed E-state index contributed by atoms with van der Waals surface area (Å²) in [5, 5.41) is 10.1. The number of aryl methyl sites for hydroxylation is 1. The van der Waals surface area contributed by atoms with Crippen molar-refractivity contribution in [2.24, 2.45) is 0 Å². The van der Waals surface area contributed by atoms with Gasteiger partial charge in [-0.2, -0.15) is 4.98 Å². The Kier molecular flexibility index (Phi) is 8.19. The molecule has 3 rings (SSSR count). The molecule has 2 N–H and O–H groups in total. The van der Waals surface area contributed by atoms with Crippen LogP contribution >= 0.6 is 0 Å². The molecule has 1 heterocycles. The fourth-order valence-electron chi connectivity index (χ4n) is 4.20. The van der Waals surface area contributed by atoms with Gasteiger partial charge in [0.1, 0.15) is 5.54 Å². The first-order chi connectivity index (χ1) is 15.8. The largest absolute Gasteiger partial charge is 0.343 e. The molecule has 1 aliphatic carbocycles. The Labute approximate surface area is 194 Å². The van der Waals surface area contributed by atoms with Crippen molar-refractivity contribution < 1.29 is 18.9 Å². The minimum Gasteiger partial charge on any atom is -0.343 e. The third-order valence-electron chi connectivity index (χ3n) is 6.00. The number of benzene rings is 1. The first-order valence-electron chi connectivity index (χ1n) is 11.5. The Balaban J connectivity index is 1.59. The molecule has 0 aliphatic heterocycles. The molecule has 0 unspecified atom stereocenters. The van der Waals surface area contributed by atoms with Crippen LogP contribution in [0.3, 0.4) is 0 Å². The Morgan fingerprint density at radius 3 is 2.52 bits per heavy atom. The van der Waals surface area contributed by atoms with Gasteiger partial charge in [0.25, 0.3) is 0 Å². The molecule has 0 radical (unpaired) electrons. The van der Waals surface area contributed by atoms with E-state index in [0.29, 0.717) is 30.4 Å². The Morgan fingerprint density at radius 1 is 1.12 bits per heavy atom. The molecule has 1 fully saturated rings. The highest BCUT2D eigenvalue weighted by atomic mass is 16.5. The molecule has 1 aliphatic rings. The van der Waals surface area contributed by atoms with Gasteiger partial charge >= 0.3 is 0 Å². The zero-order valence-corrected chi connectivity index (χ0v) is 19.6. The molecule has 3 amide bonds. The summed E-state index contributed by atoms with van der Waals surface area (Å²) in [5.74, 6) is 0.577. The maximum absolute atomic E-state index is 12.5.